The van der Waals surface area contributed by atoms with Crippen LogP contribution in [0.15, 0.2) is 77.7 Å². The Labute approximate surface area is 171 Å². The maximum atomic E-state index is 12.9. The van der Waals surface area contributed by atoms with Gasteiger partial charge in [0.25, 0.3) is 15.9 Å². The van der Waals surface area contributed by atoms with Crippen LogP contribution in [0.2, 0.25) is 0 Å². The van der Waals surface area contributed by atoms with Crippen molar-refractivity contribution < 1.29 is 13.2 Å². The molecule has 0 aliphatic rings. The topological polar surface area (TPSA) is 75.3 Å². The van der Waals surface area contributed by atoms with Gasteiger partial charge < -0.3 is 5.32 Å². The number of rotatable bonds is 6. The van der Waals surface area contributed by atoms with Gasteiger partial charge in [0, 0.05) is 16.9 Å². The Kier molecular flexibility index (Phi) is 6.03. The lowest BCUT2D eigenvalue weighted by atomic mass is 10.0. The summed E-state index contributed by atoms with van der Waals surface area (Å²) in [4.78, 5) is 12.9. The number of carbonyl (C=O) groups is 1. The number of hydrogen-bond donors (Lipinski definition) is 2. The second kappa shape index (κ2) is 8.49. The van der Waals surface area contributed by atoms with Gasteiger partial charge in [-0.25, -0.2) is 8.42 Å². The van der Waals surface area contributed by atoms with E-state index in [4.69, 9.17) is 0 Å². The van der Waals surface area contributed by atoms with Crippen molar-refractivity contribution in [3.63, 3.8) is 0 Å². The van der Waals surface area contributed by atoms with Crippen molar-refractivity contribution in [2.24, 2.45) is 0 Å². The number of hydrogen-bond acceptors (Lipinski definition) is 3. The lowest BCUT2D eigenvalue weighted by molar-refractivity contribution is 0.102. The number of nitrogens with one attached hydrogen (secondary N) is 2. The van der Waals surface area contributed by atoms with Gasteiger partial charge in [0.1, 0.15) is 0 Å². The Morgan fingerprint density at radius 1 is 0.897 bits per heavy atom. The zero-order chi connectivity index (χ0) is 21.0. The quantitative estimate of drug-likeness (QED) is 0.591. The van der Waals surface area contributed by atoms with Gasteiger partial charge in [-0.1, -0.05) is 56.3 Å². The van der Waals surface area contributed by atoms with Gasteiger partial charge in [-0.15, -0.1) is 0 Å². The number of benzene rings is 3. The molecule has 5 nitrogen and oxygen atoms in total. The number of sulfonamides is 1. The normalized spacial score (nSPS) is 11.3. The third-order valence-corrected chi connectivity index (χ3v) is 6.12. The number of amides is 1. The van der Waals surface area contributed by atoms with E-state index in [0.717, 1.165) is 11.3 Å². The van der Waals surface area contributed by atoms with Crippen molar-refractivity contribution in [2.45, 2.75) is 31.6 Å². The summed E-state index contributed by atoms with van der Waals surface area (Å²) in [6, 6.07) is 20.9. The summed E-state index contributed by atoms with van der Waals surface area (Å²) in [6.45, 7) is 5.81. The average Bonchev–Trinajstić information content (AvgIpc) is 2.68. The molecule has 0 aromatic heterocycles. The summed E-state index contributed by atoms with van der Waals surface area (Å²) >= 11 is 0. The molecule has 0 fully saturated rings. The molecule has 0 bridgehead atoms. The van der Waals surface area contributed by atoms with Crippen molar-refractivity contribution in [2.75, 3.05) is 10.0 Å². The Morgan fingerprint density at radius 3 is 2.24 bits per heavy atom. The van der Waals surface area contributed by atoms with Gasteiger partial charge in [0.2, 0.25) is 0 Å². The van der Waals surface area contributed by atoms with E-state index in [1.807, 2.05) is 30.3 Å². The van der Waals surface area contributed by atoms with Gasteiger partial charge in [-0.3, -0.25) is 9.52 Å². The van der Waals surface area contributed by atoms with Gasteiger partial charge in [-0.05, 0) is 54.3 Å². The molecule has 150 valence electrons. The van der Waals surface area contributed by atoms with E-state index in [2.05, 4.69) is 23.9 Å². The number of carbonyl (C=O) groups excluding carboxylic acids is 1. The molecule has 1 amide bonds. The molecule has 0 unspecified atom stereocenters. The van der Waals surface area contributed by atoms with Crippen LogP contribution >= 0.6 is 0 Å². The van der Waals surface area contributed by atoms with Crippen LogP contribution in [-0.2, 0) is 10.0 Å². The second-order valence-electron chi connectivity index (χ2n) is 7.15. The average molecular weight is 409 g/mol. The molecule has 0 atom stereocenters. The highest BCUT2D eigenvalue weighted by atomic mass is 32.2. The highest BCUT2D eigenvalue weighted by Gasteiger charge is 2.20. The van der Waals surface area contributed by atoms with E-state index >= 15 is 0 Å². The third-order valence-electron chi connectivity index (χ3n) is 4.60. The molecule has 3 aromatic carbocycles. The molecule has 2 N–H and O–H groups in total. The molecule has 0 aliphatic heterocycles. The zero-order valence-electron chi connectivity index (χ0n) is 16.6. The van der Waals surface area contributed by atoms with Gasteiger partial charge >= 0.3 is 0 Å². The van der Waals surface area contributed by atoms with Crippen LogP contribution in [0.4, 0.5) is 11.4 Å². The van der Waals surface area contributed by atoms with E-state index in [0.29, 0.717) is 11.3 Å². The number of para-hydroxylation sites is 2. The molecule has 0 aliphatic carbocycles. The monoisotopic (exact) mass is 408 g/mol. The maximum absolute atomic E-state index is 12.9. The van der Waals surface area contributed by atoms with Gasteiger partial charge in [-0.2, -0.15) is 0 Å². The minimum atomic E-state index is -3.82. The molecule has 3 aromatic rings. The summed E-state index contributed by atoms with van der Waals surface area (Å²) in [5, 5.41) is 2.90. The maximum Gasteiger partial charge on any atom is 0.262 e. The first-order valence-electron chi connectivity index (χ1n) is 9.37. The van der Waals surface area contributed by atoms with Crippen molar-refractivity contribution in [1.29, 1.82) is 0 Å². The highest BCUT2D eigenvalue weighted by molar-refractivity contribution is 7.92. The molecule has 0 saturated carbocycles. The van der Waals surface area contributed by atoms with E-state index in [9.17, 15) is 13.2 Å². The number of anilines is 2. The van der Waals surface area contributed by atoms with Crippen molar-refractivity contribution in [3.8, 4) is 0 Å². The molecular formula is C23H24N2O3S. The second-order valence-corrected chi connectivity index (χ2v) is 8.80. The number of aryl methyl sites for hydroxylation is 1. The molecule has 3 rings (SSSR count). The van der Waals surface area contributed by atoms with Crippen molar-refractivity contribution >= 4 is 27.3 Å². The summed E-state index contributed by atoms with van der Waals surface area (Å²) in [7, 11) is -3.82. The van der Waals surface area contributed by atoms with Crippen LogP contribution in [0.25, 0.3) is 0 Å². The Balaban J connectivity index is 1.90. The molecular weight excluding hydrogens is 384 g/mol. The minimum Gasteiger partial charge on any atom is -0.322 e. The first-order valence-corrected chi connectivity index (χ1v) is 10.8. The van der Waals surface area contributed by atoms with Crippen LogP contribution in [0, 0.1) is 6.92 Å². The lowest BCUT2D eigenvalue weighted by Gasteiger charge is -2.15. The fourth-order valence-electron chi connectivity index (χ4n) is 3.06. The van der Waals surface area contributed by atoms with Crippen LogP contribution < -0.4 is 10.0 Å². The van der Waals surface area contributed by atoms with E-state index in [-0.39, 0.29) is 22.3 Å². The van der Waals surface area contributed by atoms with E-state index in [1.165, 1.54) is 6.07 Å². The van der Waals surface area contributed by atoms with Gasteiger partial charge in [0.15, 0.2) is 0 Å². The fraction of sp³-hybridized carbons (Fsp3) is 0.174. The third kappa shape index (κ3) is 4.84. The van der Waals surface area contributed by atoms with E-state index < -0.39 is 10.0 Å². The summed E-state index contributed by atoms with van der Waals surface area (Å²) < 4.78 is 28.3. The largest absolute Gasteiger partial charge is 0.322 e. The van der Waals surface area contributed by atoms with Gasteiger partial charge in [0.05, 0.1) is 4.90 Å². The predicted octanol–water partition coefficient (Wildman–Crippen LogP) is 5.17. The van der Waals surface area contributed by atoms with Crippen molar-refractivity contribution in [1.82, 2.24) is 0 Å². The molecule has 0 saturated heterocycles. The highest BCUT2D eigenvalue weighted by Crippen LogP contribution is 2.25. The Morgan fingerprint density at radius 2 is 1.55 bits per heavy atom. The predicted molar refractivity (Wildman–Crippen MR) is 117 cm³/mol. The Bertz CT molecular complexity index is 1120. The van der Waals surface area contributed by atoms with Crippen LogP contribution in [0.3, 0.4) is 0 Å². The SMILES string of the molecule is Cc1ccc(C(=O)Nc2ccccc2C(C)C)cc1S(=O)(=O)Nc1ccccc1. The molecule has 0 radical (unpaired) electrons. The van der Waals surface area contributed by atoms with Crippen molar-refractivity contribution in [3.05, 3.63) is 89.5 Å². The van der Waals surface area contributed by atoms with Crippen LogP contribution in [0.1, 0.15) is 41.3 Å². The van der Waals surface area contributed by atoms with Crippen LogP contribution in [0.5, 0.6) is 0 Å². The molecule has 0 heterocycles. The smallest absolute Gasteiger partial charge is 0.262 e. The van der Waals surface area contributed by atoms with Crippen LogP contribution in [-0.4, -0.2) is 14.3 Å². The molecule has 0 spiro atoms. The summed E-state index contributed by atoms with van der Waals surface area (Å²) in [5.74, 6) is -0.107. The zero-order valence-corrected chi connectivity index (χ0v) is 17.5. The fourth-order valence-corrected chi connectivity index (χ4v) is 4.39. The Hall–Kier alpha value is -3.12. The minimum absolute atomic E-state index is 0.0751. The lowest BCUT2D eigenvalue weighted by Crippen LogP contribution is -2.17. The van der Waals surface area contributed by atoms with E-state index in [1.54, 1.807) is 43.3 Å². The standard InChI is InChI=1S/C23H24N2O3S/c1-16(2)20-11-7-8-12-21(20)24-23(26)18-14-13-17(3)22(15-18)29(27,28)25-19-9-5-4-6-10-19/h4-16,25H,1-3H3,(H,24,26). The summed E-state index contributed by atoms with van der Waals surface area (Å²) in [5.41, 5.74) is 3.05. The summed E-state index contributed by atoms with van der Waals surface area (Å²) in [6.07, 6.45) is 0. The first kappa shape index (κ1) is 20.6. The molecule has 29 heavy (non-hydrogen) atoms. The first-order chi connectivity index (χ1) is 13.8. The molecule has 6 heteroatoms.